The van der Waals surface area contributed by atoms with Crippen LogP contribution in [-0.2, 0) is 14.3 Å². The van der Waals surface area contributed by atoms with E-state index in [-0.39, 0.29) is 30.1 Å². The summed E-state index contributed by atoms with van der Waals surface area (Å²) in [5.74, 6) is -0.918. The van der Waals surface area contributed by atoms with Crippen LogP contribution in [0.25, 0.3) is 11.0 Å². The first-order valence-corrected chi connectivity index (χ1v) is 15.6. The summed E-state index contributed by atoms with van der Waals surface area (Å²) < 4.78 is 21.5. The predicted octanol–water partition coefficient (Wildman–Crippen LogP) is 5.10. The molecule has 2 heterocycles. The first-order valence-electron chi connectivity index (χ1n) is 15.6. The standard InChI is InChI=1S/C32H48O10/c1-2-3-4-5-6-7-8-9-10-11-12-13-14-15-16-27(34)39-21-26-29(36)30(37)31(38)32(42-26)41-25-19-22-17-18-28(35)40-24(22)20-23(25)33/h17-20,26,29-33,36-38H,2-16,21H2,1H3/t26-,29-,30+,31-,32+/m1/s1. The van der Waals surface area contributed by atoms with Gasteiger partial charge in [0.25, 0.3) is 0 Å². The van der Waals surface area contributed by atoms with Gasteiger partial charge < -0.3 is 39.1 Å². The molecule has 42 heavy (non-hydrogen) atoms. The summed E-state index contributed by atoms with van der Waals surface area (Å²) in [5.41, 5.74) is -0.447. The highest BCUT2D eigenvalue weighted by Crippen LogP contribution is 2.34. The third-order valence-electron chi connectivity index (χ3n) is 7.76. The van der Waals surface area contributed by atoms with Crippen molar-refractivity contribution in [3.8, 4) is 11.5 Å². The molecule has 5 atom stereocenters. The van der Waals surface area contributed by atoms with Gasteiger partial charge in [0.05, 0.1) is 0 Å². The normalized spacial score (nSPS) is 22.3. The number of hydrogen-bond acceptors (Lipinski definition) is 10. The lowest BCUT2D eigenvalue weighted by molar-refractivity contribution is -0.278. The smallest absolute Gasteiger partial charge is 0.336 e. The maximum Gasteiger partial charge on any atom is 0.336 e. The zero-order chi connectivity index (χ0) is 30.3. The van der Waals surface area contributed by atoms with Gasteiger partial charge in [-0.25, -0.2) is 4.79 Å². The number of carbonyl (C=O) groups excluding carboxylic acids is 1. The van der Waals surface area contributed by atoms with Crippen molar-refractivity contribution in [2.75, 3.05) is 6.61 Å². The van der Waals surface area contributed by atoms with Crippen LogP contribution in [0.4, 0.5) is 0 Å². The van der Waals surface area contributed by atoms with Crippen molar-refractivity contribution in [2.45, 2.75) is 134 Å². The molecule has 10 nitrogen and oxygen atoms in total. The molecule has 1 aromatic carbocycles. The van der Waals surface area contributed by atoms with Gasteiger partial charge in [-0.05, 0) is 18.6 Å². The Hall–Kier alpha value is -2.66. The lowest BCUT2D eigenvalue weighted by atomic mass is 9.99. The van der Waals surface area contributed by atoms with Gasteiger partial charge >= 0.3 is 11.6 Å². The fourth-order valence-electron chi connectivity index (χ4n) is 5.17. The van der Waals surface area contributed by atoms with Crippen LogP contribution in [0.1, 0.15) is 103 Å². The molecule has 236 valence electrons. The van der Waals surface area contributed by atoms with Gasteiger partial charge in [0.2, 0.25) is 6.29 Å². The third kappa shape index (κ3) is 10.9. The van der Waals surface area contributed by atoms with Crippen LogP contribution in [-0.4, -0.2) is 63.7 Å². The molecular formula is C32H48O10. The SMILES string of the molecule is CCCCCCCCCCCCCCCCC(=O)OC[C@H]1O[C@H](Oc2cc3ccc(=O)oc3cc2O)[C@H](O)[C@@H](O)[C@@H]1O. The van der Waals surface area contributed by atoms with Gasteiger partial charge in [-0.2, -0.15) is 0 Å². The Morgan fingerprint density at radius 3 is 2.02 bits per heavy atom. The quantitative estimate of drug-likeness (QED) is 0.0983. The minimum Gasteiger partial charge on any atom is -0.504 e. The number of aromatic hydroxyl groups is 1. The van der Waals surface area contributed by atoms with E-state index in [1.165, 1.54) is 88.5 Å². The minimum atomic E-state index is -1.65. The van der Waals surface area contributed by atoms with E-state index in [2.05, 4.69) is 6.92 Å². The van der Waals surface area contributed by atoms with Crippen LogP contribution in [0.15, 0.2) is 33.5 Å². The van der Waals surface area contributed by atoms with E-state index in [0.29, 0.717) is 11.8 Å². The second-order valence-corrected chi connectivity index (χ2v) is 11.3. The molecule has 0 aliphatic carbocycles. The van der Waals surface area contributed by atoms with Crippen LogP contribution in [0.3, 0.4) is 0 Å². The highest BCUT2D eigenvalue weighted by atomic mass is 16.7. The highest BCUT2D eigenvalue weighted by molar-refractivity contribution is 5.80. The molecule has 1 aromatic heterocycles. The second-order valence-electron chi connectivity index (χ2n) is 11.3. The number of aliphatic hydroxyl groups excluding tert-OH is 3. The van der Waals surface area contributed by atoms with Gasteiger partial charge in [-0.3, -0.25) is 4.79 Å². The van der Waals surface area contributed by atoms with E-state index in [1.54, 1.807) is 0 Å². The van der Waals surface area contributed by atoms with E-state index < -0.39 is 42.3 Å². The van der Waals surface area contributed by atoms with Gasteiger partial charge in [-0.1, -0.05) is 90.4 Å². The number of carbonyl (C=O) groups is 1. The van der Waals surface area contributed by atoms with Crippen LogP contribution in [0.5, 0.6) is 11.5 Å². The fourth-order valence-corrected chi connectivity index (χ4v) is 5.17. The number of phenols is 1. The summed E-state index contributed by atoms with van der Waals surface area (Å²) in [6.45, 7) is 1.91. The van der Waals surface area contributed by atoms with Crippen molar-refractivity contribution in [3.63, 3.8) is 0 Å². The summed E-state index contributed by atoms with van der Waals surface area (Å²) in [4.78, 5) is 23.7. The van der Waals surface area contributed by atoms with Crippen molar-refractivity contribution in [1.29, 1.82) is 0 Å². The van der Waals surface area contributed by atoms with E-state index in [4.69, 9.17) is 18.6 Å². The van der Waals surface area contributed by atoms with Gasteiger partial charge in [0, 0.05) is 23.9 Å². The summed E-state index contributed by atoms with van der Waals surface area (Å²) in [5, 5.41) is 41.8. The topological polar surface area (TPSA) is 156 Å². The van der Waals surface area contributed by atoms with Gasteiger partial charge in [0.15, 0.2) is 11.5 Å². The lowest BCUT2D eigenvalue weighted by Gasteiger charge is -2.39. The van der Waals surface area contributed by atoms with Crippen molar-refractivity contribution >= 4 is 16.9 Å². The van der Waals surface area contributed by atoms with Gasteiger partial charge in [0.1, 0.15) is 36.6 Å². The number of fused-ring (bicyclic) bond motifs is 1. The lowest BCUT2D eigenvalue weighted by Crippen LogP contribution is -2.60. The Bertz CT molecular complexity index is 1130. The largest absolute Gasteiger partial charge is 0.504 e. The number of aliphatic hydroxyl groups is 3. The molecule has 1 fully saturated rings. The molecule has 0 bridgehead atoms. The molecule has 0 amide bonds. The molecule has 4 N–H and O–H groups in total. The molecule has 2 aromatic rings. The van der Waals surface area contributed by atoms with Crippen LogP contribution in [0, 0.1) is 0 Å². The Kier molecular flexibility index (Phi) is 14.6. The molecule has 1 aliphatic rings. The van der Waals surface area contributed by atoms with E-state index in [1.807, 2.05) is 0 Å². The van der Waals surface area contributed by atoms with E-state index >= 15 is 0 Å². The van der Waals surface area contributed by atoms with Crippen LogP contribution < -0.4 is 10.4 Å². The number of rotatable bonds is 19. The highest BCUT2D eigenvalue weighted by Gasteiger charge is 2.45. The maximum absolute atomic E-state index is 12.3. The molecular weight excluding hydrogens is 544 g/mol. The summed E-state index contributed by atoms with van der Waals surface area (Å²) in [7, 11) is 0. The van der Waals surface area contributed by atoms with Crippen molar-refractivity contribution in [2.24, 2.45) is 0 Å². The Morgan fingerprint density at radius 1 is 0.810 bits per heavy atom. The minimum absolute atomic E-state index is 0.0995. The molecule has 0 radical (unpaired) electrons. The predicted molar refractivity (Wildman–Crippen MR) is 157 cm³/mol. The van der Waals surface area contributed by atoms with Crippen LogP contribution in [0.2, 0.25) is 0 Å². The molecule has 3 rings (SSSR count). The Morgan fingerprint density at radius 2 is 1.40 bits per heavy atom. The van der Waals surface area contributed by atoms with Gasteiger partial charge in [-0.15, -0.1) is 0 Å². The molecule has 0 spiro atoms. The first kappa shape index (κ1) is 33.8. The average molecular weight is 593 g/mol. The van der Waals surface area contributed by atoms with Crippen molar-refractivity contribution < 1.29 is 43.8 Å². The summed E-state index contributed by atoms with van der Waals surface area (Å²) in [6.07, 6.45) is 9.89. The third-order valence-corrected chi connectivity index (χ3v) is 7.76. The molecule has 1 saturated heterocycles. The number of hydrogen-bond donors (Lipinski definition) is 4. The monoisotopic (exact) mass is 592 g/mol. The number of ether oxygens (including phenoxy) is 3. The summed E-state index contributed by atoms with van der Waals surface area (Å²) >= 11 is 0. The Labute approximate surface area is 247 Å². The molecule has 0 saturated carbocycles. The molecule has 1 aliphatic heterocycles. The maximum atomic E-state index is 12.3. The fraction of sp³-hybridized carbons (Fsp3) is 0.688. The number of phenolic OH excluding ortho intramolecular Hbond substituents is 1. The van der Waals surface area contributed by atoms with Crippen LogP contribution >= 0.6 is 0 Å². The number of benzene rings is 1. The zero-order valence-electron chi connectivity index (χ0n) is 24.7. The van der Waals surface area contributed by atoms with E-state index in [9.17, 15) is 30.0 Å². The molecule has 0 unspecified atom stereocenters. The average Bonchev–Trinajstić information content (AvgIpc) is 2.97. The number of unbranched alkanes of at least 4 members (excludes halogenated alkanes) is 13. The Balaban J connectivity index is 1.32. The van der Waals surface area contributed by atoms with Crippen molar-refractivity contribution in [1.82, 2.24) is 0 Å². The molecule has 10 heteroatoms. The van der Waals surface area contributed by atoms with Crippen molar-refractivity contribution in [3.05, 3.63) is 34.7 Å². The second kappa shape index (κ2) is 18.1. The number of esters is 1. The van der Waals surface area contributed by atoms with E-state index in [0.717, 1.165) is 19.3 Å². The zero-order valence-corrected chi connectivity index (χ0v) is 24.7. The summed E-state index contributed by atoms with van der Waals surface area (Å²) in [6, 6.07) is 5.25. The first-order chi connectivity index (χ1) is 20.3.